The van der Waals surface area contributed by atoms with Gasteiger partial charge in [-0.1, -0.05) is 30.3 Å². The molecule has 0 spiro atoms. The molecule has 4 rings (SSSR count). The molecular formula is C29H38N6O6. The number of nitrogens with one attached hydrogen (secondary N) is 4. The monoisotopic (exact) mass is 566 g/mol. The number of piperidine rings is 1. The molecule has 0 aliphatic carbocycles. The van der Waals surface area contributed by atoms with Crippen LogP contribution >= 0.6 is 0 Å². The Morgan fingerprint density at radius 2 is 1.88 bits per heavy atom. The van der Waals surface area contributed by atoms with Gasteiger partial charge in [-0.15, -0.1) is 0 Å². The number of alkyl carbamates (subject to hydrolysis) is 1. The van der Waals surface area contributed by atoms with Gasteiger partial charge in [0.05, 0.1) is 19.9 Å². The molecule has 2 aliphatic rings. The van der Waals surface area contributed by atoms with Crippen LogP contribution in [0.25, 0.3) is 0 Å². The molecule has 1 fully saturated rings. The van der Waals surface area contributed by atoms with Gasteiger partial charge in [-0.25, -0.2) is 9.59 Å². The average Bonchev–Trinajstić information content (AvgIpc) is 3.02. The first-order chi connectivity index (χ1) is 20.0. The minimum absolute atomic E-state index is 0.0564. The third-order valence-electron chi connectivity index (χ3n) is 7.02. The zero-order valence-corrected chi connectivity index (χ0v) is 23.5. The van der Waals surface area contributed by atoms with E-state index < -0.39 is 18.1 Å². The summed E-state index contributed by atoms with van der Waals surface area (Å²) in [6.07, 6.45) is 1.49. The van der Waals surface area contributed by atoms with E-state index in [1.165, 1.54) is 7.11 Å². The van der Waals surface area contributed by atoms with E-state index in [9.17, 15) is 14.4 Å². The van der Waals surface area contributed by atoms with E-state index in [1.807, 2.05) is 48.5 Å². The molecule has 2 aromatic carbocycles. The quantitative estimate of drug-likeness (QED) is 0.319. The first-order valence-corrected chi connectivity index (χ1v) is 13.8. The highest BCUT2D eigenvalue weighted by Crippen LogP contribution is 2.34. The van der Waals surface area contributed by atoms with Crippen molar-refractivity contribution in [2.24, 2.45) is 10.9 Å². The second kappa shape index (κ2) is 14.8. The molecule has 1 atom stereocenters. The predicted molar refractivity (Wildman–Crippen MR) is 155 cm³/mol. The Hall–Kier alpha value is -4.48. The lowest BCUT2D eigenvalue weighted by atomic mass is 9.95. The maximum absolute atomic E-state index is 13.0. The second-order valence-electron chi connectivity index (χ2n) is 9.81. The van der Waals surface area contributed by atoms with Crippen LogP contribution in [0.15, 0.2) is 53.5 Å². The normalized spacial score (nSPS) is 16.0. The van der Waals surface area contributed by atoms with E-state index in [0.29, 0.717) is 25.9 Å². The highest BCUT2D eigenvalue weighted by atomic mass is 16.6. The van der Waals surface area contributed by atoms with Gasteiger partial charge in [0, 0.05) is 44.3 Å². The predicted octanol–water partition coefficient (Wildman–Crippen LogP) is 2.26. The van der Waals surface area contributed by atoms with Crippen LogP contribution in [-0.4, -0.2) is 76.9 Å². The summed E-state index contributed by atoms with van der Waals surface area (Å²) >= 11 is 0. The van der Waals surface area contributed by atoms with Crippen LogP contribution in [0.1, 0.15) is 24.8 Å². The molecular weight excluding hydrogens is 528 g/mol. The molecule has 12 nitrogen and oxygen atoms in total. The van der Waals surface area contributed by atoms with Crippen molar-refractivity contribution in [3.05, 3.63) is 54.1 Å². The Morgan fingerprint density at radius 3 is 2.56 bits per heavy atom. The molecule has 0 bridgehead atoms. The van der Waals surface area contributed by atoms with Crippen LogP contribution in [0.5, 0.6) is 5.75 Å². The lowest BCUT2D eigenvalue weighted by molar-refractivity contribution is -0.143. The molecule has 2 aromatic rings. The van der Waals surface area contributed by atoms with Crippen LogP contribution < -0.4 is 30.9 Å². The van der Waals surface area contributed by atoms with Gasteiger partial charge < -0.3 is 40.4 Å². The number of amides is 2. The fourth-order valence-corrected chi connectivity index (χ4v) is 4.74. The Bertz CT molecular complexity index is 1220. The SMILES string of the molecule is COC(=O)[C@H](CNC(=O)C1CCN(c2cc(NC3=NCCCN3)ccc2OC)CC1)NC(=O)OCc1ccccc1. The van der Waals surface area contributed by atoms with Crippen molar-refractivity contribution in [3.63, 3.8) is 0 Å². The molecule has 0 saturated carbocycles. The fraction of sp³-hybridized carbons (Fsp3) is 0.448. The van der Waals surface area contributed by atoms with Gasteiger partial charge in [0.2, 0.25) is 5.91 Å². The molecule has 2 heterocycles. The molecule has 0 radical (unpaired) electrons. The number of hydrogen-bond acceptors (Lipinski definition) is 10. The van der Waals surface area contributed by atoms with Crippen LogP contribution in [0.4, 0.5) is 16.2 Å². The minimum Gasteiger partial charge on any atom is -0.495 e. The summed E-state index contributed by atoms with van der Waals surface area (Å²) in [5.74, 6) is 0.422. The number of benzene rings is 2. The number of carbonyl (C=O) groups is 3. The summed E-state index contributed by atoms with van der Waals surface area (Å²) in [7, 11) is 2.86. The van der Waals surface area contributed by atoms with Gasteiger partial charge in [0.1, 0.15) is 18.4 Å². The molecule has 12 heteroatoms. The molecule has 2 aliphatic heterocycles. The molecule has 0 unspecified atom stereocenters. The molecule has 1 saturated heterocycles. The summed E-state index contributed by atoms with van der Waals surface area (Å²) in [4.78, 5) is 44.2. The molecule has 4 N–H and O–H groups in total. The number of guanidine groups is 1. The van der Waals surface area contributed by atoms with Gasteiger partial charge >= 0.3 is 12.1 Å². The standard InChI is InChI=1S/C29H38N6O6/c1-39-25-10-9-22(33-28-30-13-6-14-31-28)17-24(25)35-15-11-21(12-16-35)26(36)32-18-23(27(37)40-2)34-29(38)41-19-20-7-4-3-5-8-20/h3-5,7-10,17,21,23H,6,11-16,18-19H2,1-2H3,(H,32,36)(H,34,38)(H2,30,31,33)/t23-/m0/s1. The topological polar surface area (TPSA) is 143 Å². The maximum Gasteiger partial charge on any atom is 0.408 e. The summed E-state index contributed by atoms with van der Waals surface area (Å²) in [5.41, 5.74) is 2.65. The van der Waals surface area contributed by atoms with Crippen LogP contribution in [0.2, 0.25) is 0 Å². The Kier molecular flexibility index (Phi) is 10.6. The number of esters is 1. The van der Waals surface area contributed by atoms with Gasteiger partial charge in [0.25, 0.3) is 0 Å². The highest BCUT2D eigenvalue weighted by molar-refractivity contribution is 5.94. The minimum atomic E-state index is -1.07. The average molecular weight is 567 g/mol. The van der Waals surface area contributed by atoms with E-state index >= 15 is 0 Å². The van der Waals surface area contributed by atoms with E-state index in [2.05, 4.69) is 31.2 Å². The number of anilines is 2. The highest BCUT2D eigenvalue weighted by Gasteiger charge is 2.29. The summed E-state index contributed by atoms with van der Waals surface area (Å²) in [6.45, 7) is 2.94. The number of ether oxygens (including phenoxy) is 3. The number of hydrogen-bond donors (Lipinski definition) is 4. The molecule has 0 aromatic heterocycles. The maximum atomic E-state index is 13.0. The number of carbonyl (C=O) groups excluding carboxylic acids is 3. The number of aliphatic imine (C=N–C) groups is 1. The summed E-state index contributed by atoms with van der Waals surface area (Å²) in [5, 5.41) is 11.9. The van der Waals surface area contributed by atoms with Crippen molar-refractivity contribution < 1.29 is 28.6 Å². The zero-order chi connectivity index (χ0) is 29.0. The van der Waals surface area contributed by atoms with Crippen LogP contribution in [0.3, 0.4) is 0 Å². The number of nitrogens with zero attached hydrogens (tertiary/aromatic N) is 2. The Balaban J connectivity index is 1.27. The van der Waals surface area contributed by atoms with Crippen molar-refractivity contribution in [1.29, 1.82) is 0 Å². The largest absolute Gasteiger partial charge is 0.495 e. The van der Waals surface area contributed by atoms with E-state index in [1.54, 1.807) is 7.11 Å². The zero-order valence-electron chi connectivity index (χ0n) is 23.5. The van der Waals surface area contributed by atoms with Crippen LogP contribution in [0, 0.1) is 5.92 Å². The second-order valence-corrected chi connectivity index (χ2v) is 9.81. The first kappa shape index (κ1) is 29.5. The van der Waals surface area contributed by atoms with E-state index in [0.717, 1.165) is 48.2 Å². The van der Waals surface area contributed by atoms with Gasteiger partial charge in [-0.05, 0) is 43.0 Å². The molecule has 2 amide bonds. The fourth-order valence-electron chi connectivity index (χ4n) is 4.74. The van der Waals surface area contributed by atoms with Crippen molar-refractivity contribution in [2.45, 2.75) is 31.9 Å². The number of rotatable bonds is 10. The lowest BCUT2D eigenvalue weighted by Gasteiger charge is -2.34. The lowest BCUT2D eigenvalue weighted by Crippen LogP contribution is -2.50. The Labute approximate surface area is 239 Å². The van der Waals surface area contributed by atoms with Gasteiger partial charge in [-0.3, -0.25) is 9.79 Å². The van der Waals surface area contributed by atoms with Crippen LogP contribution in [-0.2, 0) is 25.7 Å². The smallest absolute Gasteiger partial charge is 0.408 e. The van der Waals surface area contributed by atoms with Gasteiger partial charge in [-0.2, -0.15) is 0 Å². The van der Waals surface area contributed by atoms with Crippen molar-refractivity contribution in [3.8, 4) is 5.75 Å². The summed E-state index contributed by atoms with van der Waals surface area (Å²) < 4.78 is 15.6. The third-order valence-corrected chi connectivity index (χ3v) is 7.02. The van der Waals surface area contributed by atoms with Crippen molar-refractivity contribution in [2.75, 3.05) is 57.2 Å². The van der Waals surface area contributed by atoms with Crippen molar-refractivity contribution in [1.82, 2.24) is 16.0 Å². The molecule has 220 valence electrons. The van der Waals surface area contributed by atoms with Crippen molar-refractivity contribution >= 4 is 35.3 Å². The summed E-state index contributed by atoms with van der Waals surface area (Å²) in [6, 6.07) is 14.0. The van der Waals surface area contributed by atoms with E-state index in [-0.39, 0.29) is 25.0 Å². The van der Waals surface area contributed by atoms with Gasteiger partial charge in [0.15, 0.2) is 5.96 Å². The number of methoxy groups -OCH3 is 2. The first-order valence-electron chi connectivity index (χ1n) is 13.8. The Morgan fingerprint density at radius 1 is 1.10 bits per heavy atom. The molecule has 41 heavy (non-hydrogen) atoms. The third kappa shape index (κ3) is 8.50. The van der Waals surface area contributed by atoms with E-state index in [4.69, 9.17) is 14.2 Å².